The number of aromatic hydroxyl groups is 2. The summed E-state index contributed by atoms with van der Waals surface area (Å²) in [4.78, 5) is 66.7. The Morgan fingerprint density at radius 3 is 2.57 bits per heavy atom. The molecule has 1 saturated heterocycles. The topological polar surface area (TPSA) is 155 Å². The Labute approximate surface area is 253 Å². The molecule has 1 aromatic carbocycles. The number of ketones is 3. The zero-order valence-corrected chi connectivity index (χ0v) is 25.2. The molecule has 1 aromatic heterocycles. The summed E-state index contributed by atoms with van der Waals surface area (Å²) >= 11 is 0. The zero-order chi connectivity index (χ0) is 31.7. The third-order valence-electron chi connectivity index (χ3n) is 9.55. The van der Waals surface area contributed by atoms with E-state index in [9.17, 15) is 34.2 Å². The highest BCUT2D eigenvalue weighted by Gasteiger charge is 2.56. The number of likely N-dealkylation sites (tertiary alicyclic amines) is 1. The number of allylic oxidation sites excluding steroid dienone is 4. The van der Waals surface area contributed by atoms with Gasteiger partial charge in [-0.3, -0.25) is 24.0 Å². The summed E-state index contributed by atoms with van der Waals surface area (Å²) in [6.45, 7) is 7.95. The Kier molecular flexibility index (Phi) is 7.02. The van der Waals surface area contributed by atoms with Gasteiger partial charge in [0.2, 0.25) is 5.91 Å². The van der Waals surface area contributed by atoms with Gasteiger partial charge in [-0.1, -0.05) is 6.07 Å². The second kappa shape index (κ2) is 10.5. The molecule has 230 valence electrons. The largest absolute Gasteiger partial charge is 0.507 e. The molecule has 0 radical (unpaired) electrons. The number of fused-ring (bicyclic) bond motifs is 7. The molecule has 1 amide bonds. The van der Waals surface area contributed by atoms with Gasteiger partial charge in [0.1, 0.15) is 34.0 Å². The van der Waals surface area contributed by atoms with E-state index in [-0.39, 0.29) is 69.2 Å². The van der Waals surface area contributed by atoms with E-state index in [2.05, 4.69) is 5.32 Å². The van der Waals surface area contributed by atoms with Crippen molar-refractivity contribution in [3.8, 4) is 17.2 Å². The van der Waals surface area contributed by atoms with Crippen LogP contribution in [0.3, 0.4) is 0 Å². The number of phenols is 2. The number of hydrogen-bond donors (Lipinski definition) is 3. The normalized spacial score (nSPS) is 24.5. The molecule has 4 aliphatic rings. The van der Waals surface area contributed by atoms with E-state index in [1.807, 2.05) is 15.5 Å². The van der Waals surface area contributed by atoms with Crippen molar-refractivity contribution < 1.29 is 34.1 Å². The Bertz CT molecular complexity index is 1780. The lowest BCUT2D eigenvalue weighted by molar-refractivity contribution is -0.134. The molecule has 4 heterocycles. The van der Waals surface area contributed by atoms with E-state index in [1.165, 1.54) is 26.8 Å². The van der Waals surface area contributed by atoms with Crippen LogP contribution in [-0.2, 0) is 26.3 Å². The number of piperidine rings is 1. The smallest absolute Gasteiger partial charge is 0.250 e. The van der Waals surface area contributed by atoms with Crippen LogP contribution in [0, 0.1) is 12.8 Å². The first-order valence-corrected chi connectivity index (χ1v) is 14.9. The minimum absolute atomic E-state index is 0.000123. The standard InChI is InChI=1S/C33H35N3O8/c1-16-29(41)27(18(3)37)31-28(30(16)42)33(4)23(44-31)12-22(38)26(32(33)43)17(2)34-10-6-9-24(39)35-13-19-11-20(15-35)21-7-5-8-25(40)36(21)14-19/h5,7-8,12,19-20,34,41-42H,6,9-11,13-15H2,1-4H3/b26-17+/t19-,20+,33+/m1/s1. The number of nitrogens with one attached hydrogen (secondary N) is 1. The summed E-state index contributed by atoms with van der Waals surface area (Å²) in [7, 11) is 0. The fraction of sp³-hybridized carbons (Fsp3) is 0.424. The van der Waals surface area contributed by atoms with Crippen molar-refractivity contribution >= 4 is 23.3 Å². The average Bonchev–Trinajstić information content (AvgIpc) is 3.27. The summed E-state index contributed by atoms with van der Waals surface area (Å²) in [6, 6.07) is 5.31. The predicted molar refractivity (Wildman–Crippen MR) is 159 cm³/mol. The number of aromatic nitrogens is 1. The molecule has 3 N–H and O–H groups in total. The van der Waals surface area contributed by atoms with E-state index < -0.39 is 28.5 Å². The van der Waals surface area contributed by atoms with Crippen molar-refractivity contribution in [3.05, 3.63) is 74.0 Å². The molecule has 44 heavy (non-hydrogen) atoms. The minimum Gasteiger partial charge on any atom is -0.507 e. The van der Waals surface area contributed by atoms with E-state index in [4.69, 9.17) is 4.74 Å². The highest BCUT2D eigenvalue weighted by atomic mass is 16.5. The Morgan fingerprint density at radius 1 is 1.09 bits per heavy atom. The first-order chi connectivity index (χ1) is 20.8. The monoisotopic (exact) mass is 601 g/mol. The second-order valence-corrected chi connectivity index (χ2v) is 12.4. The van der Waals surface area contributed by atoms with Crippen molar-refractivity contribution in [1.29, 1.82) is 0 Å². The molecule has 1 aliphatic carbocycles. The number of phenolic OH excluding ortho intramolecular Hbond substituents is 2. The number of rotatable bonds is 6. The second-order valence-electron chi connectivity index (χ2n) is 12.4. The van der Waals surface area contributed by atoms with E-state index in [1.54, 1.807) is 19.1 Å². The third-order valence-corrected chi connectivity index (χ3v) is 9.55. The van der Waals surface area contributed by atoms with Crippen LogP contribution in [0.5, 0.6) is 17.2 Å². The molecule has 1 fully saturated rings. The highest BCUT2D eigenvalue weighted by molar-refractivity contribution is 6.31. The lowest BCUT2D eigenvalue weighted by Gasteiger charge is -2.42. The van der Waals surface area contributed by atoms with Gasteiger partial charge in [-0.15, -0.1) is 0 Å². The van der Waals surface area contributed by atoms with Gasteiger partial charge in [0.25, 0.3) is 5.56 Å². The van der Waals surface area contributed by atoms with Crippen LogP contribution in [-0.4, -0.2) is 62.6 Å². The van der Waals surface area contributed by atoms with Crippen LogP contribution in [0.4, 0.5) is 0 Å². The molecule has 0 unspecified atom stereocenters. The number of Topliss-reactive ketones (excluding diaryl/α,β-unsaturated/α-hetero) is 2. The van der Waals surface area contributed by atoms with Crippen LogP contribution in [0.2, 0.25) is 0 Å². The number of hydrogen-bond acceptors (Lipinski definition) is 9. The molecule has 11 heteroatoms. The third kappa shape index (κ3) is 4.36. The fourth-order valence-electron chi connectivity index (χ4n) is 7.22. The number of carbonyl (C=O) groups is 4. The zero-order valence-electron chi connectivity index (χ0n) is 25.2. The fourth-order valence-corrected chi connectivity index (χ4v) is 7.22. The predicted octanol–water partition coefficient (Wildman–Crippen LogP) is 2.75. The van der Waals surface area contributed by atoms with Crippen molar-refractivity contribution in [1.82, 2.24) is 14.8 Å². The Morgan fingerprint density at radius 2 is 1.84 bits per heavy atom. The lowest BCUT2D eigenvalue weighted by atomic mass is 9.70. The Hall–Kier alpha value is -4.67. The van der Waals surface area contributed by atoms with Gasteiger partial charge in [-0.05, 0) is 52.5 Å². The minimum atomic E-state index is -1.58. The maximum atomic E-state index is 13.9. The van der Waals surface area contributed by atoms with E-state index in [0.29, 0.717) is 38.3 Å². The van der Waals surface area contributed by atoms with Crippen LogP contribution < -0.4 is 15.6 Å². The number of carbonyl (C=O) groups excluding carboxylic acids is 4. The number of nitrogens with zero attached hydrogens (tertiary/aromatic N) is 2. The van der Waals surface area contributed by atoms with Crippen molar-refractivity contribution in [2.45, 2.75) is 64.8 Å². The summed E-state index contributed by atoms with van der Waals surface area (Å²) in [6.07, 6.45) is 2.90. The van der Waals surface area contributed by atoms with Crippen LogP contribution >= 0.6 is 0 Å². The maximum Gasteiger partial charge on any atom is 0.250 e. The van der Waals surface area contributed by atoms with Gasteiger partial charge in [-0.2, -0.15) is 0 Å². The maximum absolute atomic E-state index is 13.9. The molecule has 2 aromatic rings. The van der Waals surface area contributed by atoms with Crippen molar-refractivity contribution in [3.63, 3.8) is 0 Å². The molecule has 6 rings (SSSR count). The van der Waals surface area contributed by atoms with Gasteiger partial charge in [0.15, 0.2) is 17.3 Å². The van der Waals surface area contributed by atoms with E-state index >= 15 is 0 Å². The van der Waals surface area contributed by atoms with Crippen LogP contribution in [0.25, 0.3) is 0 Å². The molecule has 3 atom stereocenters. The van der Waals surface area contributed by atoms with Gasteiger partial charge < -0.3 is 29.7 Å². The summed E-state index contributed by atoms with van der Waals surface area (Å²) < 4.78 is 7.64. The van der Waals surface area contributed by atoms with Crippen LogP contribution in [0.1, 0.15) is 73.1 Å². The Balaban J connectivity index is 1.15. The SMILES string of the molecule is CC(=O)c1c(O)c(C)c(O)c2c1OC1=CC(=O)/C(=C(/C)NCCCC(=O)N3C[C@H]4C[C@@H](C3)c3cccc(=O)n3C4)C(=O)[C@@]12C. The number of benzene rings is 1. The first-order valence-electron chi connectivity index (χ1n) is 14.9. The summed E-state index contributed by atoms with van der Waals surface area (Å²) in [5.74, 6) is -2.27. The molecular weight excluding hydrogens is 566 g/mol. The lowest BCUT2D eigenvalue weighted by Crippen LogP contribution is -2.49. The molecule has 0 saturated carbocycles. The van der Waals surface area contributed by atoms with Crippen LogP contribution in [0.15, 0.2) is 46.1 Å². The van der Waals surface area contributed by atoms with Crippen molar-refractivity contribution in [2.24, 2.45) is 5.92 Å². The van der Waals surface area contributed by atoms with Gasteiger partial charge in [0, 0.05) is 67.6 Å². The van der Waals surface area contributed by atoms with Gasteiger partial charge in [-0.25, -0.2) is 0 Å². The summed E-state index contributed by atoms with van der Waals surface area (Å²) in [5, 5.41) is 24.6. The molecule has 2 bridgehead atoms. The van der Waals surface area contributed by atoms with Gasteiger partial charge in [0.05, 0.1) is 11.1 Å². The molecule has 3 aliphatic heterocycles. The van der Waals surface area contributed by atoms with E-state index in [0.717, 1.165) is 12.1 Å². The molecule has 11 nitrogen and oxygen atoms in total. The summed E-state index contributed by atoms with van der Waals surface area (Å²) in [5.41, 5.74) is -0.467. The molecular formula is C33H35N3O8. The number of amides is 1. The highest BCUT2D eigenvalue weighted by Crippen LogP contribution is 2.57. The average molecular weight is 602 g/mol. The van der Waals surface area contributed by atoms with Gasteiger partial charge >= 0.3 is 0 Å². The quantitative estimate of drug-likeness (QED) is 0.196. The number of ether oxygens (including phenoxy) is 1. The molecule has 0 spiro atoms. The first kappa shape index (κ1) is 29.4. The van der Waals surface area contributed by atoms with Crippen molar-refractivity contribution in [2.75, 3.05) is 19.6 Å². The number of pyridine rings is 1.